The molecule has 0 radical (unpaired) electrons. The first-order chi connectivity index (χ1) is 8.47. The van der Waals surface area contributed by atoms with E-state index in [-0.39, 0.29) is 23.5 Å². The Morgan fingerprint density at radius 1 is 1.28 bits per heavy atom. The lowest BCUT2D eigenvalue weighted by molar-refractivity contribution is -0.135. The van der Waals surface area contributed by atoms with Crippen LogP contribution < -0.4 is 5.32 Å². The first-order valence-electron chi connectivity index (χ1n) is 5.08. The van der Waals surface area contributed by atoms with Crippen LogP contribution >= 0.6 is 12.6 Å². The third-order valence-electron chi connectivity index (χ3n) is 2.43. The van der Waals surface area contributed by atoms with E-state index in [2.05, 4.69) is 17.9 Å². The number of halogens is 1. The smallest absolute Gasteiger partial charge is 0.254 e. The average molecular weight is 268 g/mol. The zero-order valence-electron chi connectivity index (χ0n) is 9.14. The number of amides is 3. The maximum atomic E-state index is 13.0. The van der Waals surface area contributed by atoms with Crippen LogP contribution in [-0.2, 0) is 9.59 Å². The Labute approximate surface area is 107 Å². The van der Waals surface area contributed by atoms with Crippen molar-refractivity contribution in [3.8, 4) is 0 Å². The molecule has 5 nitrogen and oxygen atoms in total. The highest BCUT2D eigenvalue weighted by atomic mass is 32.1. The van der Waals surface area contributed by atoms with Gasteiger partial charge in [0.1, 0.15) is 18.9 Å². The van der Waals surface area contributed by atoms with E-state index in [4.69, 9.17) is 0 Å². The largest absolute Gasteiger partial charge is 0.320 e. The number of carbonyl (C=O) groups excluding carboxylic acids is 3. The predicted molar refractivity (Wildman–Crippen MR) is 62.7 cm³/mol. The summed E-state index contributed by atoms with van der Waals surface area (Å²) in [5, 5.41) is 2.09. The average Bonchev–Trinajstić information content (AvgIpc) is 2.30. The zero-order chi connectivity index (χ0) is 13.3. The predicted octanol–water partition coefficient (Wildman–Crippen LogP) is 0.213. The van der Waals surface area contributed by atoms with Crippen LogP contribution in [0.4, 0.5) is 4.39 Å². The number of hydrogen-bond donors (Lipinski definition) is 2. The molecule has 0 atom stereocenters. The second-order valence-electron chi connectivity index (χ2n) is 3.80. The highest BCUT2D eigenvalue weighted by Crippen LogP contribution is 2.16. The van der Waals surface area contributed by atoms with Crippen molar-refractivity contribution >= 4 is 30.4 Å². The van der Waals surface area contributed by atoms with Crippen LogP contribution in [0.1, 0.15) is 10.4 Å². The van der Waals surface area contributed by atoms with Crippen LogP contribution in [0, 0.1) is 5.82 Å². The third-order valence-corrected chi connectivity index (χ3v) is 2.77. The molecule has 0 aliphatic carbocycles. The summed E-state index contributed by atoms with van der Waals surface area (Å²) in [7, 11) is 0. The van der Waals surface area contributed by atoms with Gasteiger partial charge in [-0.05, 0) is 18.2 Å². The quantitative estimate of drug-likeness (QED) is 0.565. The zero-order valence-corrected chi connectivity index (χ0v) is 10.0. The Kier molecular flexibility index (Phi) is 3.33. The van der Waals surface area contributed by atoms with E-state index >= 15 is 0 Å². The number of thiol groups is 1. The summed E-state index contributed by atoms with van der Waals surface area (Å²) in [4.78, 5) is 35.4. The minimum absolute atomic E-state index is 0.0358. The van der Waals surface area contributed by atoms with E-state index in [1.165, 1.54) is 12.1 Å². The summed E-state index contributed by atoms with van der Waals surface area (Å²) in [5.74, 6) is -2.11. The molecular formula is C11H9FN2O3S. The number of hydrogen-bond acceptors (Lipinski definition) is 4. The first-order valence-corrected chi connectivity index (χ1v) is 5.52. The molecule has 0 unspecified atom stereocenters. The number of imide groups is 1. The summed E-state index contributed by atoms with van der Waals surface area (Å²) >= 11 is 3.87. The number of benzene rings is 1. The number of piperazine rings is 1. The highest BCUT2D eigenvalue weighted by Gasteiger charge is 2.27. The standard InChI is InChI=1S/C11H9FN2O3S/c12-7-2-1-6(3-8(7)18)11(17)14-4-9(15)13-10(16)5-14/h1-3,18H,4-5H2,(H,13,15,16). The van der Waals surface area contributed by atoms with E-state index < -0.39 is 23.5 Å². The third kappa shape index (κ3) is 2.51. The maximum absolute atomic E-state index is 13.0. The summed E-state index contributed by atoms with van der Waals surface area (Å²) in [6.07, 6.45) is 0. The van der Waals surface area contributed by atoms with Gasteiger partial charge in [0.15, 0.2) is 0 Å². The normalized spacial score (nSPS) is 15.6. The Morgan fingerprint density at radius 3 is 2.44 bits per heavy atom. The van der Waals surface area contributed by atoms with E-state index in [0.29, 0.717) is 0 Å². The van der Waals surface area contributed by atoms with Gasteiger partial charge in [-0.3, -0.25) is 19.7 Å². The lowest BCUT2D eigenvalue weighted by atomic mass is 10.2. The highest BCUT2D eigenvalue weighted by molar-refractivity contribution is 7.80. The Morgan fingerprint density at radius 2 is 1.89 bits per heavy atom. The van der Waals surface area contributed by atoms with Crippen molar-refractivity contribution in [1.82, 2.24) is 10.2 Å². The van der Waals surface area contributed by atoms with Gasteiger partial charge in [-0.25, -0.2) is 4.39 Å². The van der Waals surface area contributed by atoms with Crippen LogP contribution in [-0.4, -0.2) is 35.7 Å². The molecule has 0 spiro atoms. The molecular weight excluding hydrogens is 259 g/mol. The van der Waals surface area contributed by atoms with Crippen LogP contribution in [0.2, 0.25) is 0 Å². The Balaban J connectivity index is 2.22. The second kappa shape index (κ2) is 4.77. The van der Waals surface area contributed by atoms with Crippen molar-refractivity contribution in [3.05, 3.63) is 29.6 Å². The summed E-state index contributed by atoms with van der Waals surface area (Å²) in [6, 6.07) is 3.66. The van der Waals surface area contributed by atoms with Crippen molar-refractivity contribution in [2.75, 3.05) is 13.1 Å². The molecule has 1 fully saturated rings. The van der Waals surface area contributed by atoms with Crippen molar-refractivity contribution in [1.29, 1.82) is 0 Å². The topological polar surface area (TPSA) is 66.5 Å². The fourth-order valence-electron chi connectivity index (χ4n) is 1.61. The molecule has 7 heteroatoms. The first kappa shape index (κ1) is 12.6. The molecule has 1 N–H and O–H groups in total. The molecule has 94 valence electrons. The monoisotopic (exact) mass is 268 g/mol. The van der Waals surface area contributed by atoms with Gasteiger partial charge in [-0.2, -0.15) is 0 Å². The van der Waals surface area contributed by atoms with Crippen molar-refractivity contribution in [3.63, 3.8) is 0 Å². The molecule has 1 aromatic rings. The van der Waals surface area contributed by atoms with Gasteiger partial charge in [-0.15, -0.1) is 12.6 Å². The van der Waals surface area contributed by atoms with Gasteiger partial charge in [0.2, 0.25) is 11.8 Å². The van der Waals surface area contributed by atoms with Gasteiger partial charge in [0, 0.05) is 10.5 Å². The van der Waals surface area contributed by atoms with E-state index in [1.54, 1.807) is 0 Å². The van der Waals surface area contributed by atoms with Gasteiger partial charge in [0.25, 0.3) is 5.91 Å². The lowest BCUT2D eigenvalue weighted by Crippen LogP contribution is -2.53. The molecule has 1 aliphatic heterocycles. The molecule has 3 amide bonds. The molecule has 18 heavy (non-hydrogen) atoms. The van der Waals surface area contributed by atoms with E-state index in [0.717, 1.165) is 11.0 Å². The van der Waals surface area contributed by atoms with Gasteiger partial charge in [-0.1, -0.05) is 0 Å². The molecule has 1 saturated heterocycles. The van der Waals surface area contributed by atoms with Crippen molar-refractivity contribution in [2.45, 2.75) is 4.90 Å². The SMILES string of the molecule is O=C1CN(C(=O)c2ccc(F)c(S)c2)CC(=O)N1. The van der Waals surface area contributed by atoms with Crippen LogP contribution in [0.15, 0.2) is 23.1 Å². The Hall–Kier alpha value is -1.89. The van der Waals surface area contributed by atoms with Crippen LogP contribution in [0.3, 0.4) is 0 Å². The van der Waals surface area contributed by atoms with Gasteiger partial charge in [0.05, 0.1) is 0 Å². The molecule has 1 heterocycles. The van der Waals surface area contributed by atoms with Gasteiger partial charge >= 0.3 is 0 Å². The molecule has 0 bridgehead atoms. The molecule has 1 aromatic carbocycles. The molecule has 2 rings (SSSR count). The minimum Gasteiger partial charge on any atom is -0.320 e. The summed E-state index contributed by atoms with van der Waals surface area (Å²) in [5.41, 5.74) is 0.184. The molecule has 1 aliphatic rings. The Bertz CT molecular complexity index is 531. The number of nitrogens with one attached hydrogen (secondary N) is 1. The lowest BCUT2D eigenvalue weighted by Gasteiger charge is -2.25. The number of carbonyl (C=O) groups is 3. The number of rotatable bonds is 1. The summed E-state index contributed by atoms with van der Waals surface area (Å²) in [6.45, 7) is -0.381. The van der Waals surface area contributed by atoms with Crippen LogP contribution in [0.25, 0.3) is 0 Å². The minimum atomic E-state index is -0.539. The fourth-order valence-corrected chi connectivity index (χ4v) is 1.82. The number of nitrogens with zero attached hydrogens (tertiary/aromatic N) is 1. The fraction of sp³-hybridized carbons (Fsp3) is 0.182. The summed E-state index contributed by atoms with van der Waals surface area (Å²) < 4.78 is 13.0. The maximum Gasteiger partial charge on any atom is 0.254 e. The van der Waals surface area contributed by atoms with E-state index in [1.807, 2.05) is 0 Å². The van der Waals surface area contributed by atoms with Crippen molar-refractivity contribution in [2.24, 2.45) is 0 Å². The molecule has 0 saturated carbocycles. The van der Waals surface area contributed by atoms with Gasteiger partial charge < -0.3 is 4.90 Å². The van der Waals surface area contributed by atoms with E-state index in [9.17, 15) is 18.8 Å². The second-order valence-corrected chi connectivity index (χ2v) is 4.28. The van der Waals surface area contributed by atoms with Crippen molar-refractivity contribution < 1.29 is 18.8 Å². The molecule has 0 aromatic heterocycles. The van der Waals surface area contributed by atoms with Crippen LogP contribution in [0.5, 0.6) is 0 Å².